The smallest absolute Gasteiger partial charge is 0.326 e. The molecular formula is C19H30N4O9. The van der Waals surface area contributed by atoms with Crippen molar-refractivity contribution in [2.45, 2.75) is 70.1 Å². The van der Waals surface area contributed by atoms with Gasteiger partial charge in [-0.3, -0.25) is 24.0 Å². The van der Waals surface area contributed by atoms with Gasteiger partial charge in [0, 0.05) is 13.0 Å². The van der Waals surface area contributed by atoms with E-state index < -0.39 is 78.6 Å². The highest BCUT2D eigenvalue weighted by Crippen LogP contribution is 2.20. The lowest BCUT2D eigenvalue weighted by atomic mass is 10.0. The van der Waals surface area contributed by atoms with E-state index in [0.29, 0.717) is 6.42 Å². The molecule has 1 aliphatic rings. The van der Waals surface area contributed by atoms with Gasteiger partial charge in [-0.15, -0.1) is 0 Å². The molecule has 3 amide bonds. The van der Waals surface area contributed by atoms with Crippen LogP contribution in [0.4, 0.5) is 0 Å². The molecule has 4 unspecified atom stereocenters. The topological polar surface area (TPSA) is 216 Å². The summed E-state index contributed by atoms with van der Waals surface area (Å²) in [7, 11) is 0. The molecule has 0 aromatic heterocycles. The number of nitrogens with zero attached hydrogens (tertiary/aromatic N) is 1. The minimum Gasteiger partial charge on any atom is -0.481 e. The van der Waals surface area contributed by atoms with Gasteiger partial charge in [-0.05, 0) is 25.2 Å². The first-order valence-electron chi connectivity index (χ1n) is 10.2. The molecule has 7 N–H and O–H groups in total. The summed E-state index contributed by atoms with van der Waals surface area (Å²) in [6.07, 6.45) is -0.640. The van der Waals surface area contributed by atoms with Crippen LogP contribution in [0.25, 0.3) is 0 Å². The number of carbonyl (C=O) groups is 6. The van der Waals surface area contributed by atoms with Crippen LogP contribution in [-0.2, 0) is 28.8 Å². The highest BCUT2D eigenvalue weighted by atomic mass is 16.4. The molecule has 0 saturated carbocycles. The molecule has 0 aromatic carbocycles. The molecular weight excluding hydrogens is 428 g/mol. The molecule has 1 rings (SSSR count). The number of rotatable bonds is 12. The Labute approximate surface area is 184 Å². The average molecular weight is 458 g/mol. The van der Waals surface area contributed by atoms with Gasteiger partial charge >= 0.3 is 17.9 Å². The van der Waals surface area contributed by atoms with Crippen molar-refractivity contribution in [2.75, 3.05) is 6.54 Å². The van der Waals surface area contributed by atoms with Gasteiger partial charge in [-0.2, -0.15) is 0 Å². The number of nitrogens with one attached hydrogen (secondary N) is 2. The lowest BCUT2D eigenvalue weighted by Gasteiger charge is -2.30. The lowest BCUT2D eigenvalue weighted by Crippen LogP contribution is -2.58. The fourth-order valence-corrected chi connectivity index (χ4v) is 3.31. The zero-order chi connectivity index (χ0) is 24.6. The van der Waals surface area contributed by atoms with Crippen LogP contribution >= 0.6 is 0 Å². The van der Waals surface area contributed by atoms with Gasteiger partial charge in [0.25, 0.3) is 0 Å². The van der Waals surface area contributed by atoms with E-state index in [1.54, 1.807) is 13.8 Å². The van der Waals surface area contributed by atoms with Crippen LogP contribution in [0, 0.1) is 5.92 Å². The Bertz CT molecular complexity index is 755. The number of nitrogens with two attached hydrogens (primary N) is 1. The molecule has 1 aliphatic heterocycles. The Balaban J connectivity index is 2.94. The summed E-state index contributed by atoms with van der Waals surface area (Å²) < 4.78 is 0. The lowest BCUT2D eigenvalue weighted by molar-refractivity contribution is -0.150. The first kappa shape index (κ1) is 26.8. The molecule has 180 valence electrons. The fourth-order valence-electron chi connectivity index (χ4n) is 3.31. The molecule has 32 heavy (non-hydrogen) atoms. The predicted molar refractivity (Wildman–Crippen MR) is 108 cm³/mol. The number of aliphatic carboxylic acids is 3. The molecule has 0 bridgehead atoms. The normalized spacial score (nSPS) is 18.5. The maximum atomic E-state index is 12.9. The number of hydrogen-bond donors (Lipinski definition) is 6. The maximum Gasteiger partial charge on any atom is 0.326 e. The minimum atomic E-state index is -1.57. The summed E-state index contributed by atoms with van der Waals surface area (Å²) >= 11 is 0. The van der Waals surface area contributed by atoms with E-state index in [1.165, 1.54) is 4.90 Å². The third-order valence-corrected chi connectivity index (χ3v) is 5.07. The van der Waals surface area contributed by atoms with Crippen molar-refractivity contribution < 1.29 is 44.1 Å². The van der Waals surface area contributed by atoms with Gasteiger partial charge in [-0.1, -0.05) is 13.8 Å². The summed E-state index contributed by atoms with van der Waals surface area (Å²) in [5.41, 5.74) is 5.60. The standard InChI is InChI=1S/C19H30N4O9/c1-9(2)15(18(30)23-7-3-4-12(23)19(31)32)22-17(29)11(8-14(26)27)21-16(28)10(20)5-6-13(24)25/h9-12,15H,3-8,20H2,1-2H3,(H,21,28)(H,22,29)(H,24,25)(H,26,27)(H,31,32). The number of carboxylic acid groups (broad SMARTS) is 3. The molecule has 0 spiro atoms. The van der Waals surface area contributed by atoms with E-state index >= 15 is 0 Å². The van der Waals surface area contributed by atoms with E-state index in [0.717, 1.165) is 0 Å². The van der Waals surface area contributed by atoms with Crippen LogP contribution in [0.15, 0.2) is 0 Å². The number of likely N-dealkylation sites (tertiary alicyclic amines) is 1. The van der Waals surface area contributed by atoms with Gasteiger partial charge in [0.1, 0.15) is 18.1 Å². The van der Waals surface area contributed by atoms with Gasteiger partial charge in [0.15, 0.2) is 0 Å². The summed E-state index contributed by atoms with van der Waals surface area (Å²) in [5, 5.41) is 31.7. The van der Waals surface area contributed by atoms with Crippen molar-refractivity contribution >= 4 is 35.6 Å². The largest absolute Gasteiger partial charge is 0.481 e. The molecule has 4 atom stereocenters. The molecule has 0 radical (unpaired) electrons. The van der Waals surface area contributed by atoms with Crippen LogP contribution in [0.1, 0.15) is 46.0 Å². The number of amides is 3. The predicted octanol–water partition coefficient (Wildman–Crippen LogP) is -1.65. The Morgan fingerprint density at radius 1 is 1.00 bits per heavy atom. The molecule has 1 fully saturated rings. The number of carboxylic acids is 3. The fraction of sp³-hybridized carbons (Fsp3) is 0.684. The average Bonchev–Trinajstić information content (AvgIpc) is 3.18. The van der Waals surface area contributed by atoms with Crippen LogP contribution in [-0.4, -0.2) is 86.6 Å². The van der Waals surface area contributed by atoms with Crippen molar-refractivity contribution in [3.8, 4) is 0 Å². The second kappa shape index (κ2) is 12.0. The summed E-state index contributed by atoms with van der Waals surface area (Å²) in [4.78, 5) is 72.2. The summed E-state index contributed by atoms with van der Waals surface area (Å²) in [6, 6.07) is -5.00. The molecule has 1 heterocycles. The number of carbonyl (C=O) groups excluding carboxylic acids is 3. The molecule has 13 nitrogen and oxygen atoms in total. The zero-order valence-corrected chi connectivity index (χ0v) is 17.9. The van der Waals surface area contributed by atoms with Crippen molar-refractivity contribution in [3.63, 3.8) is 0 Å². The third-order valence-electron chi connectivity index (χ3n) is 5.07. The summed E-state index contributed by atoms with van der Waals surface area (Å²) in [6.45, 7) is 3.46. The van der Waals surface area contributed by atoms with Crippen LogP contribution in [0.3, 0.4) is 0 Å². The van der Waals surface area contributed by atoms with Gasteiger partial charge in [0.05, 0.1) is 12.5 Å². The Morgan fingerprint density at radius 3 is 2.12 bits per heavy atom. The first-order chi connectivity index (χ1) is 14.8. The zero-order valence-electron chi connectivity index (χ0n) is 17.9. The third kappa shape index (κ3) is 7.80. The van der Waals surface area contributed by atoms with Crippen LogP contribution < -0.4 is 16.4 Å². The van der Waals surface area contributed by atoms with Crippen molar-refractivity contribution in [2.24, 2.45) is 11.7 Å². The molecule has 0 aromatic rings. The maximum absolute atomic E-state index is 12.9. The highest BCUT2D eigenvalue weighted by Gasteiger charge is 2.39. The Kier molecular flexibility index (Phi) is 10.0. The van der Waals surface area contributed by atoms with Gasteiger partial charge < -0.3 is 36.6 Å². The van der Waals surface area contributed by atoms with Crippen molar-refractivity contribution in [3.05, 3.63) is 0 Å². The first-order valence-corrected chi connectivity index (χ1v) is 10.2. The monoisotopic (exact) mass is 458 g/mol. The van der Waals surface area contributed by atoms with Gasteiger partial charge in [-0.25, -0.2) is 4.79 Å². The number of hydrogen-bond acceptors (Lipinski definition) is 7. The van der Waals surface area contributed by atoms with E-state index in [4.69, 9.17) is 15.9 Å². The second-order valence-electron chi connectivity index (χ2n) is 7.96. The van der Waals surface area contributed by atoms with E-state index in [1.807, 2.05) is 0 Å². The van der Waals surface area contributed by atoms with Crippen molar-refractivity contribution in [1.29, 1.82) is 0 Å². The molecule has 0 aliphatic carbocycles. The minimum absolute atomic E-state index is 0.211. The van der Waals surface area contributed by atoms with Crippen LogP contribution in [0.5, 0.6) is 0 Å². The Hall–Kier alpha value is -3.22. The Morgan fingerprint density at radius 2 is 1.62 bits per heavy atom. The van der Waals surface area contributed by atoms with Crippen molar-refractivity contribution in [1.82, 2.24) is 15.5 Å². The quantitative estimate of drug-likeness (QED) is 0.196. The second-order valence-corrected chi connectivity index (χ2v) is 7.96. The van der Waals surface area contributed by atoms with E-state index in [-0.39, 0.29) is 19.4 Å². The van der Waals surface area contributed by atoms with Gasteiger partial charge in [0.2, 0.25) is 17.7 Å². The SMILES string of the molecule is CC(C)C(NC(=O)C(CC(=O)O)NC(=O)C(N)CCC(=O)O)C(=O)N1CCCC1C(=O)O. The molecule has 13 heteroatoms. The molecule has 1 saturated heterocycles. The van der Waals surface area contributed by atoms with Crippen LogP contribution in [0.2, 0.25) is 0 Å². The van der Waals surface area contributed by atoms with E-state index in [2.05, 4.69) is 10.6 Å². The highest BCUT2D eigenvalue weighted by molar-refractivity contribution is 5.96. The summed E-state index contributed by atoms with van der Waals surface area (Å²) in [5.74, 6) is -6.67. The van der Waals surface area contributed by atoms with E-state index in [9.17, 15) is 33.9 Å².